The molecular weight excluding hydrogens is 388 g/mol. The van der Waals surface area contributed by atoms with Crippen LogP contribution in [0.15, 0.2) is 16.7 Å². The lowest BCUT2D eigenvalue weighted by Crippen LogP contribution is -2.45. The molecule has 1 saturated carbocycles. The minimum atomic E-state index is -0.847. The highest BCUT2D eigenvalue weighted by Gasteiger charge is 2.48. The molecule has 4 atom stereocenters. The van der Waals surface area contributed by atoms with E-state index in [2.05, 4.69) is 16.2 Å². The Bertz CT molecular complexity index is 1000. The number of aromatic nitrogens is 2. The van der Waals surface area contributed by atoms with E-state index in [0.717, 1.165) is 49.0 Å². The standard InChI is InChI=1S/C22H24N2O4S/c1-11-23-21(28-24-11)20-14-4-2-3-5-16(14)29-17(20)10-15(25)18-12-6-8-13(9-7-12)19(18)22(26)27/h6,8,12-13,18-19H,2-5,7,9-10H2,1H3,(H,26,27). The van der Waals surface area contributed by atoms with Crippen molar-refractivity contribution < 1.29 is 19.2 Å². The first-order chi connectivity index (χ1) is 14.0. The number of carboxylic acid groups (broad SMARTS) is 1. The highest BCUT2D eigenvalue weighted by molar-refractivity contribution is 7.12. The lowest BCUT2D eigenvalue weighted by Gasteiger charge is -2.42. The minimum Gasteiger partial charge on any atom is -0.481 e. The summed E-state index contributed by atoms with van der Waals surface area (Å²) in [5.41, 5.74) is 2.18. The van der Waals surface area contributed by atoms with Crippen LogP contribution in [0.3, 0.4) is 0 Å². The maximum absolute atomic E-state index is 13.4. The third-order valence-electron chi connectivity index (χ3n) is 6.73. The van der Waals surface area contributed by atoms with Gasteiger partial charge < -0.3 is 9.63 Å². The number of hydrogen-bond donors (Lipinski definition) is 1. The van der Waals surface area contributed by atoms with Crippen LogP contribution < -0.4 is 0 Å². The van der Waals surface area contributed by atoms with Crippen LogP contribution in [0.1, 0.15) is 46.8 Å². The van der Waals surface area contributed by atoms with Gasteiger partial charge in [-0.3, -0.25) is 9.59 Å². The van der Waals surface area contributed by atoms with Crippen molar-refractivity contribution in [1.82, 2.24) is 10.1 Å². The third-order valence-corrected chi connectivity index (χ3v) is 8.02. The molecule has 152 valence electrons. The zero-order valence-electron chi connectivity index (χ0n) is 16.4. The molecule has 2 aromatic rings. The number of nitrogens with zero attached hydrogens (tertiary/aromatic N) is 2. The summed E-state index contributed by atoms with van der Waals surface area (Å²) in [6, 6.07) is 0. The van der Waals surface area contributed by atoms with Gasteiger partial charge in [-0.2, -0.15) is 4.98 Å². The molecule has 7 heteroatoms. The second kappa shape index (κ2) is 7.20. The van der Waals surface area contributed by atoms with Gasteiger partial charge in [-0.25, -0.2) is 0 Å². The summed E-state index contributed by atoms with van der Waals surface area (Å²) in [5.74, 6) is -0.771. The fourth-order valence-corrected chi connectivity index (χ4v) is 6.84. The van der Waals surface area contributed by atoms with Gasteiger partial charge in [0.15, 0.2) is 5.82 Å². The van der Waals surface area contributed by atoms with Crippen LogP contribution in [-0.4, -0.2) is 27.0 Å². The predicted octanol–water partition coefficient (Wildman–Crippen LogP) is 4.01. The van der Waals surface area contributed by atoms with Gasteiger partial charge >= 0.3 is 5.97 Å². The van der Waals surface area contributed by atoms with Crippen molar-refractivity contribution in [3.05, 3.63) is 33.3 Å². The Hall–Kier alpha value is -2.28. The third kappa shape index (κ3) is 3.16. The summed E-state index contributed by atoms with van der Waals surface area (Å²) in [6.07, 6.45) is 10.3. The van der Waals surface area contributed by atoms with Crippen molar-refractivity contribution in [2.75, 3.05) is 0 Å². The number of thiophene rings is 1. The summed E-state index contributed by atoms with van der Waals surface area (Å²) in [6.45, 7) is 1.79. The molecule has 0 amide bonds. The quantitative estimate of drug-likeness (QED) is 0.746. The van der Waals surface area contributed by atoms with Crippen molar-refractivity contribution in [1.29, 1.82) is 0 Å². The molecule has 6 rings (SSSR count). The van der Waals surface area contributed by atoms with E-state index in [0.29, 0.717) is 11.7 Å². The van der Waals surface area contributed by atoms with Crippen molar-refractivity contribution in [2.24, 2.45) is 23.7 Å². The summed E-state index contributed by atoms with van der Waals surface area (Å²) in [4.78, 5) is 32.1. The largest absolute Gasteiger partial charge is 0.481 e. The molecule has 4 aliphatic carbocycles. The highest BCUT2D eigenvalue weighted by atomic mass is 32.1. The first-order valence-electron chi connectivity index (χ1n) is 10.4. The molecule has 2 bridgehead atoms. The van der Waals surface area contributed by atoms with Crippen LogP contribution in [0, 0.1) is 30.6 Å². The van der Waals surface area contributed by atoms with Crippen LogP contribution in [0.5, 0.6) is 0 Å². The van der Waals surface area contributed by atoms with Gasteiger partial charge in [-0.05, 0) is 62.8 Å². The van der Waals surface area contributed by atoms with E-state index in [-0.39, 0.29) is 24.0 Å². The van der Waals surface area contributed by atoms with Gasteiger partial charge in [-0.1, -0.05) is 17.3 Å². The Morgan fingerprint density at radius 3 is 2.55 bits per heavy atom. The lowest BCUT2D eigenvalue weighted by molar-refractivity contribution is -0.152. The van der Waals surface area contributed by atoms with Crippen LogP contribution in [0.4, 0.5) is 0 Å². The number of ketones is 1. The predicted molar refractivity (Wildman–Crippen MR) is 108 cm³/mol. The Labute approximate surface area is 173 Å². The number of hydrogen-bond acceptors (Lipinski definition) is 6. The van der Waals surface area contributed by atoms with Gasteiger partial charge in [0, 0.05) is 22.1 Å². The normalized spacial score (nSPS) is 27.8. The molecular formula is C22H24N2O4S. The number of fused-ring (bicyclic) bond motifs is 3. The molecule has 6 nitrogen and oxygen atoms in total. The maximum Gasteiger partial charge on any atom is 0.307 e. The molecule has 2 aromatic heterocycles. The van der Waals surface area contributed by atoms with E-state index in [1.807, 2.05) is 6.08 Å². The molecule has 29 heavy (non-hydrogen) atoms. The Balaban J connectivity index is 1.50. The van der Waals surface area contributed by atoms with E-state index in [9.17, 15) is 14.7 Å². The van der Waals surface area contributed by atoms with Gasteiger partial charge in [0.05, 0.1) is 11.5 Å². The number of rotatable bonds is 5. The molecule has 0 aromatic carbocycles. The number of carboxylic acids is 1. The minimum absolute atomic E-state index is 0.0268. The maximum atomic E-state index is 13.4. The molecule has 0 aliphatic heterocycles. The van der Waals surface area contributed by atoms with Gasteiger partial charge in [0.25, 0.3) is 5.89 Å². The van der Waals surface area contributed by atoms with E-state index >= 15 is 0 Å². The summed E-state index contributed by atoms with van der Waals surface area (Å²) in [7, 11) is 0. The number of Topliss-reactive ketones (excluding diaryl/α,β-unsaturated/α-hetero) is 1. The summed E-state index contributed by atoms with van der Waals surface area (Å²) < 4.78 is 5.48. The van der Waals surface area contributed by atoms with Crippen LogP contribution in [0.25, 0.3) is 11.5 Å². The Morgan fingerprint density at radius 1 is 1.17 bits per heavy atom. The fraction of sp³-hybridized carbons (Fsp3) is 0.545. The van der Waals surface area contributed by atoms with Crippen LogP contribution in [0.2, 0.25) is 0 Å². The average molecular weight is 413 g/mol. The number of carbonyl (C=O) groups is 2. The van der Waals surface area contributed by atoms with E-state index in [1.54, 1.807) is 18.3 Å². The smallest absolute Gasteiger partial charge is 0.307 e. The van der Waals surface area contributed by atoms with Crippen LogP contribution >= 0.6 is 11.3 Å². The van der Waals surface area contributed by atoms with Crippen molar-refractivity contribution in [3.63, 3.8) is 0 Å². The van der Waals surface area contributed by atoms with E-state index in [1.165, 1.54) is 10.4 Å². The molecule has 2 heterocycles. The SMILES string of the molecule is Cc1noc(-c2c(CC(=O)C3C4C=CC(CC4)C3C(=O)O)sc3c2CCCC3)n1. The fourth-order valence-electron chi connectivity index (χ4n) is 5.44. The Morgan fingerprint density at radius 2 is 1.90 bits per heavy atom. The lowest BCUT2D eigenvalue weighted by atomic mass is 9.60. The number of carbonyl (C=O) groups excluding carboxylic acids is 1. The number of aryl methyl sites for hydroxylation is 2. The van der Waals surface area contributed by atoms with Crippen LogP contribution in [-0.2, 0) is 28.9 Å². The monoisotopic (exact) mass is 412 g/mol. The Kier molecular flexibility index (Phi) is 4.65. The summed E-state index contributed by atoms with van der Waals surface area (Å²) in [5, 5.41) is 13.7. The van der Waals surface area contributed by atoms with Crippen molar-refractivity contribution in [3.8, 4) is 11.5 Å². The molecule has 1 N–H and O–H groups in total. The highest BCUT2D eigenvalue weighted by Crippen LogP contribution is 2.47. The van der Waals surface area contributed by atoms with Crippen molar-refractivity contribution in [2.45, 2.75) is 51.9 Å². The van der Waals surface area contributed by atoms with Gasteiger partial charge in [0.1, 0.15) is 5.78 Å². The molecule has 4 aliphatic rings. The molecule has 0 radical (unpaired) electrons. The number of allylic oxidation sites excluding steroid dienone is 2. The summed E-state index contributed by atoms with van der Waals surface area (Å²) >= 11 is 1.67. The van der Waals surface area contributed by atoms with Gasteiger partial charge in [-0.15, -0.1) is 11.3 Å². The molecule has 4 unspecified atom stereocenters. The van der Waals surface area contributed by atoms with Crippen molar-refractivity contribution >= 4 is 23.1 Å². The van der Waals surface area contributed by atoms with E-state index < -0.39 is 17.8 Å². The van der Waals surface area contributed by atoms with E-state index in [4.69, 9.17) is 4.52 Å². The zero-order chi connectivity index (χ0) is 20.1. The topological polar surface area (TPSA) is 93.3 Å². The molecule has 1 fully saturated rings. The number of aliphatic carboxylic acids is 1. The molecule has 0 spiro atoms. The average Bonchev–Trinajstić information content (AvgIpc) is 3.30. The second-order valence-electron chi connectivity index (χ2n) is 8.48. The first-order valence-corrected chi connectivity index (χ1v) is 11.2. The second-order valence-corrected chi connectivity index (χ2v) is 9.67. The zero-order valence-corrected chi connectivity index (χ0v) is 17.2. The first kappa shape index (κ1) is 18.7. The van der Waals surface area contributed by atoms with Gasteiger partial charge in [0.2, 0.25) is 0 Å². The molecule has 0 saturated heterocycles.